The Labute approximate surface area is 227 Å². The molecule has 1 unspecified atom stereocenters. The van der Waals surface area contributed by atoms with Crippen LogP contribution >= 0.6 is 34.7 Å². The summed E-state index contributed by atoms with van der Waals surface area (Å²) in [6.45, 7) is 1.98. The monoisotopic (exact) mass is 562 g/mol. The number of nitrogens with two attached hydrogens (primary N) is 1. The van der Waals surface area contributed by atoms with Gasteiger partial charge in [0, 0.05) is 23.3 Å². The summed E-state index contributed by atoms with van der Waals surface area (Å²) in [4.78, 5) is 44.5. The molecule has 37 heavy (non-hydrogen) atoms. The summed E-state index contributed by atoms with van der Waals surface area (Å²) < 4.78 is 10.4. The summed E-state index contributed by atoms with van der Waals surface area (Å²) in [7, 11) is 3.02. The molecule has 1 aromatic carbocycles. The van der Waals surface area contributed by atoms with Gasteiger partial charge in [0.05, 0.1) is 29.9 Å². The van der Waals surface area contributed by atoms with Crippen molar-refractivity contribution in [2.24, 2.45) is 10.7 Å². The summed E-state index contributed by atoms with van der Waals surface area (Å²) in [5.74, 6) is -0.933. The van der Waals surface area contributed by atoms with Crippen molar-refractivity contribution in [2.75, 3.05) is 31.4 Å². The van der Waals surface area contributed by atoms with Gasteiger partial charge in [-0.3, -0.25) is 14.6 Å². The Morgan fingerprint density at radius 2 is 1.97 bits per heavy atom. The predicted molar refractivity (Wildman–Crippen MR) is 148 cm³/mol. The summed E-state index contributed by atoms with van der Waals surface area (Å²) >= 11 is 8.64. The number of amides is 2. The molecule has 2 aliphatic rings. The molecule has 2 aromatic rings. The zero-order valence-corrected chi connectivity index (χ0v) is 23.0. The van der Waals surface area contributed by atoms with Gasteiger partial charge in [0.1, 0.15) is 21.0 Å². The number of carbonyl (C=O) groups excluding carboxylic acids is 3. The van der Waals surface area contributed by atoms with Gasteiger partial charge in [-0.1, -0.05) is 23.4 Å². The summed E-state index contributed by atoms with van der Waals surface area (Å²) in [6.07, 6.45) is 3.63. The van der Waals surface area contributed by atoms with Crippen molar-refractivity contribution in [3.05, 3.63) is 50.5 Å². The van der Waals surface area contributed by atoms with Gasteiger partial charge in [-0.25, -0.2) is 4.79 Å². The first kappa shape index (κ1) is 27.0. The fourth-order valence-electron chi connectivity index (χ4n) is 4.26. The van der Waals surface area contributed by atoms with Crippen LogP contribution in [-0.4, -0.2) is 48.8 Å². The minimum atomic E-state index is -0.895. The number of nitrogens with zero attached hydrogens (tertiary/aromatic N) is 1. The van der Waals surface area contributed by atoms with Crippen LogP contribution in [0, 0.1) is 0 Å². The van der Waals surface area contributed by atoms with E-state index in [9.17, 15) is 14.4 Å². The number of carbonyl (C=O) groups is 3. The Hall–Kier alpha value is -3.02. The molecule has 1 atom stereocenters. The zero-order chi connectivity index (χ0) is 26.7. The maximum absolute atomic E-state index is 13.4. The standard InChI is InChI=1S/C25H27ClN4O5S2/c1-4-35-25(33)17-13-7-5-6-8-16(13)36-24(17)30-22(32)20-19(27)18(23(28-2)37-20)21(31)29-12-9-10-15(34-3)14(26)11-12/h9-11,20H,4-8,27H2,1-3H3,(H,29,31)(H,30,32). The van der Waals surface area contributed by atoms with Gasteiger partial charge >= 0.3 is 5.97 Å². The second-order valence-electron chi connectivity index (χ2n) is 8.29. The van der Waals surface area contributed by atoms with E-state index in [0.717, 1.165) is 47.9 Å². The zero-order valence-electron chi connectivity index (χ0n) is 20.6. The molecule has 2 amide bonds. The van der Waals surface area contributed by atoms with E-state index in [1.165, 1.54) is 25.5 Å². The molecule has 1 aromatic heterocycles. The summed E-state index contributed by atoms with van der Waals surface area (Å²) in [6, 6.07) is 4.83. The van der Waals surface area contributed by atoms with Crippen LogP contribution in [0.15, 0.2) is 34.5 Å². The third-order valence-corrected chi connectivity index (χ3v) is 8.80. The van der Waals surface area contributed by atoms with E-state index >= 15 is 0 Å². The molecule has 4 rings (SSSR count). The minimum absolute atomic E-state index is 0.0826. The molecule has 9 nitrogen and oxygen atoms in total. The fraction of sp³-hybridized carbons (Fsp3) is 0.360. The Balaban J connectivity index is 1.58. The number of methoxy groups -OCH3 is 1. The number of anilines is 2. The van der Waals surface area contributed by atoms with E-state index in [0.29, 0.717) is 32.1 Å². The topological polar surface area (TPSA) is 132 Å². The lowest BCUT2D eigenvalue weighted by atomic mass is 9.95. The van der Waals surface area contributed by atoms with Gasteiger partial charge in [0.15, 0.2) is 0 Å². The van der Waals surface area contributed by atoms with Crippen molar-refractivity contribution in [1.29, 1.82) is 0 Å². The van der Waals surface area contributed by atoms with Crippen molar-refractivity contribution in [1.82, 2.24) is 0 Å². The molecule has 2 heterocycles. The SMILES string of the molecule is CCOC(=O)c1c(NC(=O)C2SC(=NC)C(C(=O)Nc3ccc(OC)c(Cl)c3)=C2N)sc2c1CCCC2. The number of nitrogens with one attached hydrogen (secondary N) is 2. The maximum atomic E-state index is 13.4. The third-order valence-electron chi connectivity index (χ3n) is 5.98. The number of hydrogen-bond acceptors (Lipinski definition) is 9. The number of esters is 1. The number of fused-ring (bicyclic) bond motifs is 1. The minimum Gasteiger partial charge on any atom is -0.495 e. The number of aryl methyl sites for hydroxylation is 1. The second-order valence-corrected chi connectivity index (χ2v) is 10.9. The lowest BCUT2D eigenvalue weighted by Gasteiger charge is -2.13. The average Bonchev–Trinajstić information content (AvgIpc) is 3.41. The highest BCUT2D eigenvalue weighted by Crippen LogP contribution is 2.40. The average molecular weight is 563 g/mol. The molecule has 0 saturated carbocycles. The fourth-order valence-corrected chi connectivity index (χ4v) is 6.87. The smallest absolute Gasteiger partial charge is 0.341 e. The Bertz CT molecular complexity index is 1320. The molecule has 1 aliphatic carbocycles. The molecule has 1 aliphatic heterocycles. The number of rotatable bonds is 7. The van der Waals surface area contributed by atoms with Crippen LogP contribution < -0.4 is 21.1 Å². The molecule has 0 radical (unpaired) electrons. The van der Waals surface area contributed by atoms with Crippen LogP contribution in [0.25, 0.3) is 0 Å². The van der Waals surface area contributed by atoms with Gasteiger partial charge in [-0.2, -0.15) is 0 Å². The largest absolute Gasteiger partial charge is 0.495 e. The van der Waals surface area contributed by atoms with Gasteiger partial charge in [-0.05, 0) is 56.4 Å². The van der Waals surface area contributed by atoms with Crippen molar-refractivity contribution in [3.8, 4) is 5.75 Å². The van der Waals surface area contributed by atoms with Gasteiger partial charge in [-0.15, -0.1) is 11.3 Å². The summed E-state index contributed by atoms with van der Waals surface area (Å²) in [5.41, 5.74) is 8.34. The first-order chi connectivity index (χ1) is 17.8. The number of benzene rings is 1. The van der Waals surface area contributed by atoms with E-state index < -0.39 is 23.0 Å². The molecule has 0 bridgehead atoms. The van der Waals surface area contributed by atoms with Crippen molar-refractivity contribution in [2.45, 2.75) is 37.9 Å². The van der Waals surface area contributed by atoms with Crippen LogP contribution in [0.5, 0.6) is 5.75 Å². The Morgan fingerprint density at radius 3 is 2.65 bits per heavy atom. The highest BCUT2D eigenvalue weighted by molar-refractivity contribution is 8.16. The van der Waals surface area contributed by atoms with E-state index in [2.05, 4.69) is 15.6 Å². The van der Waals surface area contributed by atoms with Crippen LogP contribution in [0.2, 0.25) is 5.02 Å². The van der Waals surface area contributed by atoms with Crippen LogP contribution in [0.3, 0.4) is 0 Å². The molecule has 0 spiro atoms. The van der Waals surface area contributed by atoms with Crippen LogP contribution in [0.1, 0.15) is 40.6 Å². The molecule has 12 heteroatoms. The molecular weight excluding hydrogens is 536 g/mol. The van der Waals surface area contributed by atoms with Crippen molar-refractivity contribution < 1.29 is 23.9 Å². The Morgan fingerprint density at radius 1 is 1.22 bits per heavy atom. The third kappa shape index (κ3) is 5.48. The first-order valence-corrected chi connectivity index (χ1v) is 13.8. The van der Waals surface area contributed by atoms with Crippen LogP contribution in [-0.2, 0) is 27.2 Å². The second kappa shape index (κ2) is 11.6. The van der Waals surface area contributed by atoms with E-state index in [4.69, 9.17) is 26.8 Å². The number of halogens is 1. The predicted octanol–water partition coefficient (Wildman–Crippen LogP) is 4.40. The Kier molecular flexibility index (Phi) is 8.46. The van der Waals surface area contributed by atoms with Gasteiger partial charge in [0.25, 0.3) is 5.91 Å². The van der Waals surface area contributed by atoms with Gasteiger partial charge < -0.3 is 25.8 Å². The van der Waals surface area contributed by atoms with Gasteiger partial charge in [0.2, 0.25) is 5.91 Å². The number of thioether (sulfide) groups is 1. The maximum Gasteiger partial charge on any atom is 0.341 e. The molecule has 4 N–H and O–H groups in total. The number of aliphatic imine (C=N–C) groups is 1. The van der Waals surface area contributed by atoms with Crippen LogP contribution in [0.4, 0.5) is 10.7 Å². The normalized spacial score (nSPS) is 17.9. The van der Waals surface area contributed by atoms with Crippen molar-refractivity contribution >= 4 is 68.2 Å². The summed E-state index contributed by atoms with van der Waals surface area (Å²) in [5, 5.41) is 5.85. The molecule has 196 valence electrons. The molecular formula is C25H27ClN4O5S2. The highest BCUT2D eigenvalue weighted by Gasteiger charge is 2.39. The number of ether oxygens (including phenoxy) is 2. The molecule has 0 fully saturated rings. The molecule has 0 saturated heterocycles. The number of hydrogen-bond donors (Lipinski definition) is 3. The van der Waals surface area contributed by atoms with E-state index in [1.807, 2.05) is 0 Å². The van der Waals surface area contributed by atoms with Crippen molar-refractivity contribution in [3.63, 3.8) is 0 Å². The van der Waals surface area contributed by atoms with E-state index in [1.54, 1.807) is 25.1 Å². The quantitative estimate of drug-likeness (QED) is 0.426. The highest BCUT2D eigenvalue weighted by atomic mass is 35.5. The lowest BCUT2D eigenvalue weighted by molar-refractivity contribution is -0.115. The lowest BCUT2D eigenvalue weighted by Crippen LogP contribution is -2.30. The van der Waals surface area contributed by atoms with E-state index in [-0.39, 0.29) is 17.9 Å². The number of thiophene rings is 1. The first-order valence-electron chi connectivity index (χ1n) is 11.7.